The van der Waals surface area contributed by atoms with Crippen molar-refractivity contribution in [2.45, 2.75) is 0 Å². The molecule has 2 atom stereocenters. The van der Waals surface area contributed by atoms with E-state index in [1.54, 1.807) is 0 Å². The zero-order chi connectivity index (χ0) is 39.3. The molecule has 4 aromatic heterocycles. The van der Waals surface area contributed by atoms with Crippen LogP contribution in [0.3, 0.4) is 0 Å². The van der Waals surface area contributed by atoms with E-state index in [4.69, 9.17) is 19.9 Å². The van der Waals surface area contributed by atoms with Crippen LogP contribution < -0.4 is 0 Å². The standard InChI is InChI=1S/C56H34N4/c1-3-9-33(10-4-1)47-29-21-37-19-27-44-40(31-32-57-55(44)53(37)58-47)39-23-15-35-18-26-43-41(24-16-36-17-25-42(39)51(35)52(36)43)49-30-22-38-20-28-46-50(34-11-5-2-6-12-34)45-13-7-8-14-48(45)60-56(46)54(38)59-49/h1-32,51-52H. The molecule has 0 saturated heterocycles. The summed E-state index contributed by atoms with van der Waals surface area (Å²) < 4.78 is 0. The molecule has 4 aliphatic carbocycles. The van der Waals surface area contributed by atoms with E-state index in [2.05, 4.69) is 182 Å². The lowest BCUT2D eigenvalue weighted by Gasteiger charge is -2.42. The number of benzene rings is 5. The van der Waals surface area contributed by atoms with Gasteiger partial charge in [-0.25, -0.2) is 15.0 Å². The summed E-state index contributed by atoms with van der Waals surface area (Å²) in [6.07, 6.45) is 20.5. The molecule has 0 radical (unpaired) electrons. The molecule has 4 heterocycles. The number of para-hydroxylation sites is 1. The fraction of sp³-hybridized carbons (Fsp3) is 0.0357. The number of rotatable bonds is 4. The quantitative estimate of drug-likeness (QED) is 0.132. The van der Waals surface area contributed by atoms with Crippen LogP contribution in [0.4, 0.5) is 0 Å². The molecule has 0 saturated carbocycles. The van der Waals surface area contributed by atoms with Gasteiger partial charge in [0.25, 0.3) is 0 Å². The van der Waals surface area contributed by atoms with E-state index in [0.29, 0.717) is 0 Å². The second-order valence-electron chi connectivity index (χ2n) is 16.1. The van der Waals surface area contributed by atoms with Crippen molar-refractivity contribution in [3.05, 3.63) is 228 Å². The van der Waals surface area contributed by atoms with Crippen LogP contribution in [0.25, 0.3) is 88.0 Å². The van der Waals surface area contributed by atoms with Crippen molar-refractivity contribution >= 4 is 65.7 Å². The third kappa shape index (κ3) is 4.91. The molecule has 4 aliphatic rings. The van der Waals surface area contributed by atoms with Crippen LogP contribution in [-0.2, 0) is 0 Å². The maximum Gasteiger partial charge on any atom is 0.0978 e. The molecule has 0 spiro atoms. The van der Waals surface area contributed by atoms with E-state index in [9.17, 15) is 0 Å². The average Bonchev–Trinajstić information content (AvgIpc) is 3.32. The van der Waals surface area contributed by atoms with E-state index in [1.165, 1.54) is 44.6 Å². The van der Waals surface area contributed by atoms with Gasteiger partial charge in [0, 0.05) is 61.7 Å². The van der Waals surface area contributed by atoms with Crippen molar-refractivity contribution in [3.63, 3.8) is 0 Å². The Hall–Kier alpha value is -7.82. The summed E-state index contributed by atoms with van der Waals surface area (Å²) in [6, 6.07) is 49.1. The Labute approximate surface area is 346 Å². The van der Waals surface area contributed by atoms with Gasteiger partial charge in [0.15, 0.2) is 0 Å². The third-order valence-electron chi connectivity index (χ3n) is 12.9. The summed E-state index contributed by atoms with van der Waals surface area (Å²) in [5, 5.41) is 5.53. The van der Waals surface area contributed by atoms with Crippen molar-refractivity contribution < 1.29 is 0 Å². The van der Waals surface area contributed by atoms with Crippen LogP contribution in [0.15, 0.2) is 217 Å². The zero-order valence-electron chi connectivity index (χ0n) is 32.4. The number of aromatic nitrogens is 4. The van der Waals surface area contributed by atoms with Gasteiger partial charge in [-0.3, -0.25) is 4.98 Å². The average molecular weight is 763 g/mol. The smallest absolute Gasteiger partial charge is 0.0978 e. The molecule has 278 valence electrons. The monoisotopic (exact) mass is 762 g/mol. The molecular formula is C56H34N4. The summed E-state index contributed by atoms with van der Waals surface area (Å²) in [5.74, 6) is 0.352. The lowest BCUT2D eigenvalue weighted by atomic mass is 9.61. The summed E-state index contributed by atoms with van der Waals surface area (Å²) >= 11 is 0. The van der Waals surface area contributed by atoms with Gasteiger partial charge in [0.1, 0.15) is 0 Å². The SMILES string of the molecule is C1=CC2=C(c3ccnc4c3ccc3ccc(-c5ccccc5)nc34)C=CC3=CC=C4C(c5ccc6ccc7c(-c8ccccc8)c8ccccc8nc7c6n5)=CC=C1C4C32. The Morgan fingerprint density at radius 2 is 1.08 bits per heavy atom. The highest BCUT2D eigenvalue weighted by atomic mass is 14.8. The zero-order valence-corrected chi connectivity index (χ0v) is 32.4. The van der Waals surface area contributed by atoms with Gasteiger partial charge in [0.2, 0.25) is 0 Å². The molecule has 0 aliphatic heterocycles. The van der Waals surface area contributed by atoms with E-state index < -0.39 is 0 Å². The first kappa shape index (κ1) is 33.2. The Kier molecular flexibility index (Phi) is 7.10. The molecular weight excluding hydrogens is 729 g/mol. The van der Waals surface area contributed by atoms with Gasteiger partial charge in [-0.15, -0.1) is 0 Å². The molecule has 0 N–H and O–H groups in total. The van der Waals surface area contributed by atoms with Crippen LogP contribution in [0.2, 0.25) is 0 Å². The number of pyridine rings is 4. The van der Waals surface area contributed by atoms with Crippen molar-refractivity contribution in [1.29, 1.82) is 0 Å². The van der Waals surface area contributed by atoms with Gasteiger partial charge in [-0.05, 0) is 63.3 Å². The van der Waals surface area contributed by atoms with Crippen LogP contribution >= 0.6 is 0 Å². The van der Waals surface area contributed by atoms with Crippen LogP contribution in [-0.4, -0.2) is 19.9 Å². The van der Waals surface area contributed by atoms with Crippen molar-refractivity contribution in [2.75, 3.05) is 0 Å². The predicted octanol–water partition coefficient (Wildman–Crippen LogP) is 13.4. The molecule has 13 rings (SSSR count). The van der Waals surface area contributed by atoms with Gasteiger partial charge >= 0.3 is 0 Å². The predicted molar refractivity (Wildman–Crippen MR) is 247 cm³/mol. The molecule has 0 amide bonds. The second kappa shape index (κ2) is 12.8. The molecule has 0 fully saturated rings. The first-order valence-electron chi connectivity index (χ1n) is 20.6. The minimum Gasteiger partial charge on any atom is -0.254 e. The van der Waals surface area contributed by atoms with Crippen LogP contribution in [0.1, 0.15) is 11.3 Å². The number of nitrogens with zero attached hydrogens (tertiary/aromatic N) is 4. The van der Waals surface area contributed by atoms with Gasteiger partial charge < -0.3 is 0 Å². The van der Waals surface area contributed by atoms with Crippen molar-refractivity contribution in [2.24, 2.45) is 11.8 Å². The van der Waals surface area contributed by atoms with Gasteiger partial charge in [-0.2, -0.15) is 0 Å². The maximum absolute atomic E-state index is 5.49. The Morgan fingerprint density at radius 1 is 0.417 bits per heavy atom. The molecule has 5 aromatic carbocycles. The van der Waals surface area contributed by atoms with Crippen LogP contribution in [0.5, 0.6) is 0 Å². The minimum absolute atomic E-state index is 0.172. The fourth-order valence-corrected chi connectivity index (χ4v) is 10.2. The first-order chi connectivity index (χ1) is 29.7. The largest absolute Gasteiger partial charge is 0.254 e. The summed E-state index contributed by atoms with van der Waals surface area (Å²) in [5.41, 5.74) is 18.9. The number of allylic oxidation sites excluding steroid dienone is 14. The van der Waals surface area contributed by atoms with E-state index in [0.717, 1.165) is 77.0 Å². The summed E-state index contributed by atoms with van der Waals surface area (Å²) in [6.45, 7) is 0. The first-order valence-corrected chi connectivity index (χ1v) is 20.6. The third-order valence-corrected chi connectivity index (χ3v) is 12.9. The normalized spacial score (nSPS) is 17.9. The summed E-state index contributed by atoms with van der Waals surface area (Å²) in [4.78, 5) is 20.9. The molecule has 9 aromatic rings. The Morgan fingerprint density at radius 3 is 1.93 bits per heavy atom. The van der Waals surface area contributed by atoms with E-state index in [1.807, 2.05) is 12.3 Å². The molecule has 4 nitrogen and oxygen atoms in total. The van der Waals surface area contributed by atoms with Gasteiger partial charge in [-0.1, -0.05) is 164 Å². The number of fused-ring (bicyclic) bond motifs is 7. The highest BCUT2D eigenvalue weighted by Gasteiger charge is 2.41. The molecule has 2 unspecified atom stereocenters. The molecule has 60 heavy (non-hydrogen) atoms. The fourth-order valence-electron chi connectivity index (χ4n) is 10.2. The van der Waals surface area contributed by atoms with Crippen molar-refractivity contribution in [1.82, 2.24) is 19.9 Å². The summed E-state index contributed by atoms with van der Waals surface area (Å²) in [7, 11) is 0. The lowest BCUT2D eigenvalue weighted by molar-refractivity contribution is 0.569. The topological polar surface area (TPSA) is 51.6 Å². The second-order valence-corrected chi connectivity index (χ2v) is 16.1. The minimum atomic E-state index is 0.172. The highest BCUT2D eigenvalue weighted by Crippen LogP contribution is 2.54. The van der Waals surface area contributed by atoms with Crippen molar-refractivity contribution in [3.8, 4) is 22.4 Å². The van der Waals surface area contributed by atoms with E-state index >= 15 is 0 Å². The number of hydrogen-bond acceptors (Lipinski definition) is 4. The number of hydrogen-bond donors (Lipinski definition) is 0. The highest BCUT2D eigenvalue weighted by molar-refractivity contribution is 6.16. The van der Waals surface area contributed by atoms with E-state index in [-0.39, 0.29) is 11.8 Å². The molecule has 4 heteroatoms. The Balaban J connectivity index is 0.934. The van der Waals surface area contributed by atoms with Gasteiger partial charge in [0.05, 0.1) is 39.0 Å². The molecule has 0 bridgehead atoms. The Bertz CT molecular complexity index is 3580. The maximum atomic E-state index is 5.49. The van der Waals surface area contributed by atoms with Crippen LogP contribution in [0, 0.1) is 11.8 Å². The lowest BCUT2D eigenvalue weighted by Crippen LogP contribution is -2.30.